The molecule has 0 spiro atoms. The van der Waals surface area contributed by atoms with Gasteiger partial charge in [-0.05, 0) is 23.1 Å². The van der Waals surface area contributed by atoms with Crippen LogP contribution in [0.25, 0.3) is 0 Å². The van der Waals surface area contributed by atoms with E-state index >= 15 is 0 Å². The summed E-state index contributed by atoms with van der Waals surface area (Å²) in [5.74, 6) is 0. The van der Waals surface area contributed by atoms with Gasteiger partial charge in [0.2, 0.25) is 0 Å². The number of rotatable bonds is 5. The van der Waals surface area contributed by atoms with Crippen LogP contribution in [0.1, 0.15) is 26.3 Å². The van der Waals surface area contributed by atoms with Gasteiger partial charge in [0.05, 0.1) is 6.54 Å². The van der Waals surface area contributed by atoms with E-state index in [1.54, 1.807) is 14.2 Å². The highest BCUT2D eigenvalue weighted by Gasteiger charge is 2.12. The molecule has 0 bridgehead atoms. The average molecular weight is 237 g/mol. The molecule has 0 aromatic heterocycles. The van der Waals surface area contributed by atoms with Gasteiger partial charge in [0, 0.05) is 19.9 Å². The molecule has 0 heterocycles. The van der Waals surface area contributed by atoms with Crippen LogP contribution < -0.4 is 5.32 Å². The first-order valence-corrected chi connectivity index (χ1v) is 5.87. The van der Waals surface area contributed by atoms with E-state index in [1.807, 2.05) is 0 Å². The number of ether oxygens (including phenoxy) is 2. The van der Waals surface area contributed by atoms with Gasteiger partial charge in [-0.15, -0.1) is 0 Å². The normalized spacial score (nSPS) is 11.9. The van der Waals surface area contributed by atoms with Crippen LogP contribution in [0.2, 0.25) is 0 Å². The van der Waals surface area contributed by atoms with E-state index in [9.17, 15) is 0 Å². The Morgan fingerprint density at radius 3 is 2.00 bits per heavy atom. The molecule has 3 heteroatoms. The minimum absolute atomic E-state index is 0.195. The quantitative estimate of drug-likeness (QED) is 0.798. The molecule has 0 saturated heterocycles. The van der Waals surface area contributed by atoms with Crippen LogP contribution >= 0.6 is 0 Å². The van der Waals surface area contributed by atoms with Crippen LogP contribution in [-0.2, 0) is 14.9 Å². The molecule has 0 aliphatic heterocycles. The summed E-state index contributed by atoms with van der Waals surface area (Å²) >= 11 is 0. The molecular formula is C14H23NO2. The summed E-state index contributed by atoms with van der Waals surface area (Å²) in [5, 5.41) is 3.28. The fourth-order valence-corrected chi connectivity index (χ4v) is 1.55. The van der Waals surface area contributed by atoms with Gasteiger partial charge in [-0.25, -0.2) is 0 Å². The standard InChI is InChI=1S/C14H23NO2/c1-14(2,3)11-6-8-12(9-7-11)15-10-13(16-4)17-5/h6-9,13,15H,10H2,1-5H3. The molecule has 0 unspecified atom stereocenters. The van der Waals surface area contributed by atoms with Crippen molar-refractivity contribution in [1.29, 1.82) is 0 Å². The zero-order valence-electron chi connectivity index (χ0n) is 11.4. The van der Waals surface area contributed by atoms with Crippen molar-refractivity contribution in [2.75, 3.05) is 26.1 Å². The lowest BCUT2D eigenvalue weighted by molar-refractivity contribution is -0.0914. The lowest BCUT2D eigenvalue weighted by Gasteiger charge is -2.20. The molecule has 1 aromatic rings. The molecule has 1 rings (SSSR count). The summed E-state index contributed by atoms with van der Waals surface area (Å²) in [6.07, 6.45) is -0.211. The lowest BCUT2D eigenvalue weighted by atomic mass is 9.87. The maximum atomic E-state index is 5.11. The van der Waals surface area contributed by atoms with Gasteiger partial charge in [-0.3, -0.25) is 0 Å². The molecule has 3 nitrogen and oxygen atoms in total. The number of benzene rings is 1. The van der Waals surface area contributed by atoms with E-state index in [0.717, 1.165) is 5.69 Å². The van der Waals surface area contributed by atoms with Crippen molar-refractivity contribution in [2.45, 2.75) is 32.5 Å². The van der Waals surface area contributed by atoms with E-state index in [2.05, 4.69) is 50.4 Å². The highest BCUT2D eigenvalue weighted by atomic mass is 16.7. The van der Waals surface area contributed by atoms with Crippen molar-refractivity contribution in [3.05, 3.63) is 29.8 Å². The number of methoxy groups -OCH3 is 2. The van der Waals surface area contributed by atoms with Gasteiger partial charge in [0.15, 0.2) is 6.29 Å². The zero-order chi connectivity index (χ0) is 12.9. The molecule has 0 radical (unpaired) electrons. The summed E-state index contributed by atoms with van der Waals surface area (Å²) in [4.78, 5) is 0. The van der Waals surface area contributed by atoms with Gasteiger partial charge in [-0.2, -0.15) is 0 Å². The predicted octanol–water partition coefficient (Wildman–Crippen LogP) is 3.01. The van der Waals surface area contributed by atoms with E-state index in [0.29, 0.717) is 6.54 Å². The second-order valence-corrected chi connectivity index (χ2v) is 5.11. The number of hydrogen-bond donors (Lipinski definition) is 1. The van der Waals surface area contributed by atoms with E-state index in [-0.39, 0.29) is 11.7 Å². The van der Waals surface area contributed by atoms with Crippen LogP contribution in [0.5, 0.6) is 0 Å². The first-order valence-electron chi connectivity index (χ1n) is 5.87. The second-order valence-electron chi connectivity index (χ2n) is 5.11. The Balaban J connectivity index is 2.57. The number of anilines is 1. The van der Waals surface area contributed by atoms with Crippen molar-refractivity contribution >= 4 is 5.69 Å². The topological polar surface area (TPSA) is 30.5 Å². The third-order valence-electron chi connectivity index (χ3n) is 2.75. The Hall–Kier alpha value is -1.06. The van der Waals surface area contributed by atoms with Gasteiger partial charge < -0.3 is 14.8 Å². The van der Waals surface area contributed by atoms with E-state index in [1.165, 1.54) is 5.56 Å². The first-order chi connectivity index (χ1) is 7.97. The third-order valence-corrected chi connectivity index (χ3v) is 2.75. The summed E-state index contributed by atoms with van der Waals surface area (Å²) in [6.45, 7) is 7.27. The molecule has 96 valence electrons. The Morgan fingerprint density at radius 2 is 1.59 bits per heavy atom. The Bertz CT molecular complexity index is 323. The SMILES string of the molecule is COC(CNc1ccc(C(C)(C)C)cc1)OC. The second kappa shape index (κ2) is 6.03. The van der Waals surface area contributed by atoms with Crippen LogP contribution in [0.4, 0.5) is 5.69 Å². The first kappa shape index (κ1) is 14.0. The van der Waals surface area contributed by atoms with Crippen molar-refractivity contribution in [1.82, 2.24) is 0 Å². The third kappa shape index (κ3) is 4.36. The molecule has 1 N–H and O–H groups in total. The Morgan fingerprint density at radius 1 is 1.06 bits per heavy atom. The Labute approximate surface area is 104 Å². The molecule has 17 heavy (non-hydrogen) atoms. The summed E-state index contributed by atoms with van der Waals surface area (Å²) in [5.41, 5.74) is 2.61. The van der Waals surface area contributed by atoms with Gasteiger partial charge in [-0.1, -0.05) is 32.9 Å². The largest absolute Gasteiger partial charge is 0.380 e. The van der Waals surface area contributed by atoms with Crippen LogP contribution in [0.15, 0.2) is 24.3 Å². The summed E-state index contributed by atoms with van der Waals surface area (Å²) in [6, 6.07) is 8.47. The van der Waals surface area contributed by atoms with Gasteiger partial charge in [0.25, 0.3) is 0 Å². The highest BCUT2D eigenvalue weighted by Crippen LogP contribution is 2.23. The lowest BCUT2D eigenvalue weighted by Crippen LogP contribution is -2.23. The van der Waals surface area contributed by atoms with Gasteiger partial charge in [0.1, 0.15) is 0 Å². The van der Waals surface area contributed by atoms with Crippen LogP contribution in [0, 0.1) is 0 Å². The fourth-order valence-electron chi connectivity index (χ4n) is 1.55. The monoisotopic (exact) mass is 237 g/mol. The zero-order valence-corrected chi connectivity index (χ0v) is 11.4. The summed E-state index contributed by atoms with van der Waals surface area (Å²) in [7, 11) is 3.27. The predicted molar refractivity (Wildman–Crippen MR) is 71.4 cm³/mol. The molecule has 1 aromatic carbocycles. The molecule has 0 fully saturated rings. The van der Waals surface area contributed by atoms with E-state index < -0.39 is 0 Å². The molecular weight excluding hydrogens is 214 g/mol. The maximum Gasteiger partial charge on any atom is 0.173 e. The highest BCUT2D eigenvalue weighted by molar-refractivity contribution is 5.45. The average Bonchev–Trinajstić information content (AvgIpc) is 2.30. The molecule has 0 aliphatic rings. The van der Waals surface area contributed by atoms with Gasteiger partial charge >= 0.3 is 0 Å². The van der Waals surface area contributed by atoms with Crippen molar-refractivity contribution in [3.63, 3.8) is 0 Å². The van der Waals surface area contributed by atoms with Crippen molar-refractivity contribution in [3.8, 4) is 0 Å². The summed E-state index contributed by atoms with van der Waals surface area (Å²) < 4.78 is 10.2. The molecule has 0 amide bonds. The Kier molecular flexibility index (Phi) is 4.97. The number of hydrogen-bond acceptors (Lipinski definition) is 3. The minimum Gasteiger partial charge on any atom is -0.380 e. The molecule has 0 atom stereocenters. The van der Waals surface area contributed by atoms with Crippen molar-refractivity contribution in [2.24, 2.45) is 0 Å². The minimum atomic E-state index is -0.211. The smallest absolute Gasteiger partial charge is 0.173 e. The van der Waals surface area contributed by atoms with Crippen LogP contribution in [0.3, 0.4) is 0 Å². The van der Waals surface area contributed by atoms with E-state index in [4.69, 9.17) is 9.47 Å². The number of nitrogens with one attached hydrogen (secondary N) is 1. The molecule has 0 saturated carbocycles. The van der Waals surface area contributed by atoms with Crippen molar-refractivity contribution < 1.29 is 9.47 Å². The molecule has 0 aliphatic carbocycles. The maximum absolute atomic E-state index is 5.11. The van der Waals surface area contributed by atoms with Crippen LogP contribution in [-0.4, -0.2) is 27.1 Å². The fraction of sp³-hybridized carbons (Fsp3) is 0.571.